The molecule has 1 aliphatic heterocycles. The van der Waals surface area contributed by atoms with Crippen LogP contribution in [0.5, 0.6) is 0 Å². The van der Waals surface area contributed by atoms with Crippen molar-refractivity contribution in [2.75, 3.05) is 0 Å². The van der Waals surface area contributed by atoms with Crippen LogP contribution in [0.4, 0.5) is 0 Å². The van der Waals surface area contributed by atoms with E-state index in [2.05, 4.69) is 5.32 Å². The summed E-state index contributed by atoms with van der Waals surface area (Å²) in [6, 6.07) is 13.7. The molecule has 3 rings (SSSR count). The molecule has 2 N–H and O–H groups in total. The van der Waals surface area contributed by atoms with Crippen molar-refractivity contribution in [3.63, 3.8) is 0 Å². The molecule has 1 amide bonds. The quantitative estimate of drug-likeness (QED) is 0.889. The van der Waals surface area contributed by atoms with Gasteiger partial charge >= 0.3 is 5.97 Å². The number of fused-ring (bicyclic) bond motifs is 1. The fourth-order valence-corrected chi connectivity index (χ4v) is 2.89. The third kappa shape index (κ3) is 2.40. The van der Waals surface area contributed by atoms with Crippen LogP contribution >= 0.6 is 0 Å². The Hall–Kier alpha value is -2.62. The topological polar surface area (TPSA) is 66.4 Å². The first-order chi connectivity index (χ1) is 10.1. The minimum atomic E-state index is -0.981. The first kappa shape index (κ1) is 13.4. The lowest BCUT2D eigenvalue weighted by Gasteiger charge is -2.25. The summed E-state index contributed by atoms with van der Waals surface area (Å²) in [5.74, 6) is -1.53. The molecule has 0 saturated carbocycles. The predicted octanol–water partition coefficient (Wildman–Crippen LogP) is 2.80. The van der Waals surface area contributed by atoms with E-state index in [0.717, 1.165) is 16.3 Å². The molecular weight excluding hydrogens is 266 g/mol. The van der Waals surface area contributed by atoms with Gasteiger partial charge in [-0.05, 0) is 23.3 Å². The van der Waals surface area contributed by atoms with Crippen molar-refractivity contribution in [3.8, 4) is 0 Å². The average Bonchev–Trinajstić information content (AvgIpc) is 2.45. The fraction of sp³-hybridized carbons (Fsp3) is 0.176. The summed E-state index contributed by atoms with van der Waals surface area (Å²) in [5.41, 5.74) is 1.56. The molecule has 0 unspecified atom stereocenters. The Labute approximate surface area is 122 Å². The SMILES string of the molecule is CC1=C(C(=O)O)[C@H](c2ccc3ccccc3c2)CC(=O)N1. The van der Waals surface area contributed by atoms with Crippen LogP contribution in [0.2, 0.25) is 0 Å². The molecule has 0 radical (unpaired) electrons. The lowest BCUT2D eigenvalue weighted by Crippen LogP contribution is -2.33. The predicted molar refractivity (Wildman–Crippen MR) is 79.8 cm³/mol. The highest BCUT2D eigenvalue weighted by Gasteiger charge is 2.31. The number of allylic oxidation sites excluding steroid dienone is 1. The molecule has 0 saturated heterocycles. The largest absolute Gasteiger partial charge is 0.478 e. The van der Waals surface area contributed by atoms with Crippen LogP contribution in [0.1, 0.15) is 24.8 Å². The fourth-order valence-electron chi connectivity index (χ4n) is 2.89. The van der Waals surface area contributed by atoms with Gasteiger partial charge in [0.2, 0.25) is 5.91 Å². The first-order valence-electron chi connectivity index (χ1n) is 6.79. The van der Waals surface area contributed by atoms with E-state index >= 15 is 0 Å². The third-order valence-electron chi connectivity index (χ3n) is 3.88. The molecule has 2 aromatic carbocycles. The molecule has 0 bridgehead atoms. The van der Waals surface area contributed by atoms with Crippen molar-refractivity contribution in [3.05, 3.63) is 59.3 Å². The number of carboxylic acid groups (broad SMARTS) is 1. The second-order valence-corrected chi connectivity index (χ2v) is 5.26. The standard InChI is InChI=1S/C17H15NO3/c1-10-16(17(20)21)14(9-15(19)18-10)13-7-6-11-4-2-3-5-12(11)8-13/h2-8,14H,9H2,1H3,(H,18,19)(H,20,21)/t14-/m0/s1. The molecule has 1 atom stereocenters. The number of benzene rings is 2. The summed E-state index contributed by atoms with van der Waals surface area (Å²) in [4.78, 5) is 23.3. The highest BCUT2D eigenvalue weighted by atomic mass is 16.4. The number of amides is 1. The highest BCUT2D eigenvalue weighted by molar-refractivity contribution is 5.95. The molecule has 0 spiro atoms. The van der Waals surface area contributed by atoms with Gasteiger partial charge in [-0.3, -0.25) is 4.79 Å². The summed E-state index contributed by atoms with van der Waals surface area (Å²) in [6.07, 6.45) is 0.164. The normalized spacial score (nSPS) is 18.7. The minimum Gasteiger partial charge on any atom is -0.478 e. The van der Waals surface area contributed by atoms with Crippen LogP contribution in [-0.2, 0) is 9.59 Å². The Balaban J connectivity index is 2.13. The molecule has 2 aromatic rings. The van der Waals surface area contributed by atoms with Crippen LogP contribution < -0.4 is 5.32 Å². The van der Waals surface area contributed by atoms with Crippen LogP contribution in [0.15, 0.2) is 53.7 Å². The van der Waals surface area contributed by atoms with Gasteiger partial charge in [-0.25, -0.2) is 4.79 Å². The summed E-state index contributed by atoms with van der Waals surface area (Å²) >= 11 is 0. The maximum Gasteiger partial charge on any atom is 0.333 e. The van der Waals surface area contributed by atoms with Crippen molar-refractivity contribution in [1.82, 2.24) is 5.32 Å². The van der Waals surface area contributed by atoms with Gasteiger partial charge < -0.3 is 10.4 Å². The molecule has 106 valence electrons. The van der Waals surface area contributed by atoms with Crippen LogP contribution in [0, 0.1) is 0 Å². The Morgan fingerprint density at radius 1 is 1.19 bits per heavy atom. The van der Waals surface area contributed by atoms with Gasteiger partial charge in [0, 0.05) is 18.0 Å². The Morgan fingerprint density at radius 2 is 1.90 bits per heavy atom. The van der Waals surface area contributed by atoms with Crippen molar-refractivity contribution in [2.24, 2.45) is 0 Å². The monoisotopic (exact) mass is 281 g/mol. The second-order valence-electron chi connectivity index (χ2n) is 5.26. The molecule has 0 aliphatic carbocycles. The molecule has 4 nitrogen and oxygen atoms in total. The lowest BCUT2D eigenvalue weighted by atomic mass is 9.84. The number of rotatable bonds is 2. The number of carbonyl (C=O) groups excluding carboxylic acids is 1. The third-order valence-corrected chi connectivity index (χ3v) is 3.88. The Morgan fingerprint density at radius 3 is 2.62 bits per heavy atom. The number of nitrogens with one attached hydrogen (secondary N) is 1. The summed E-state index contributed by atoms with van der Waals surface area (Å²) in [7, 11) is 0. The lowest BCUT2D eigenvalue weighted by molar-refractivity contribution is -0.133. The van der Waals surface area contributed by atoms with E-state index in [-0.39, 0.29) is 17.9 Å². The van der Waals surface area contributed by atoms with E-state index < -0.39 is 11.9 Å². The van der Waals surface area contributed by atoms with E-state index in [0.29, 0.717) is 5.70 Å². The second kappa shape index (κ2) is 5.05. The molecule has 0 fully saturated rings. The number of carboxylic acids is 1. The number of hydrogen-bond acceptors (Lipinski definition) is 2. The van der Waals surface area contributed by atoms with Gasteiger partial charge in [-0.1, -0.05) is 42.5 Å². The molecular formula is C17H15NO3. The zero-order valence-corrected chi connectivity index (χ0v) is 11.6. The van der Waals surface area contributed by atoms with E-state index in [1.165, 1.54) is 0 Å². The Kier molecular flexibility index (Phi) is 3.22. The maximum atomic E-state index is 11.8. The highest BCUT2D eigenvalue weighted by Crippen LogP contribution is 2.34. The van der Waals surface area contributed by atoms with E-state index in [9.17, 15) is 14.7 Å². The first-order valence-corrected chi connectivity index (χ1v) is 6.79. The van der Waals surface area contributed by atoms with Crippen molar-refractivity contribution in [1.29, 1.82) is 0 Å². The molecule has 1 aliphatic rings. The van der Waals surface area contributed by atoms with E-state index in [1.54, 1.807) is 6.92 Å². The number of hydrogen-bond donors (Lipinski definition) is 2. The molecule has 21 heavy (non-hydrogen) atoms. The van der Waals surface area contributed by atoms with E-state index in [4.69, 9.17) is 0 Å². The smallest absolute Gasteiger partial charge is 0.333 e. The van der Waals surface area contributed by atoms with Crippen molar-refractivity contribution < 1.29 is 14.7 Å². The van der Waals surface area contributed by atoms with Gasteiger partial charge in [0.15, 0.2) is 0 Å². The van der Waals surface area contributed by atoms with Crippen molar-refractivity contribution in [2.45, 2.75) is 19.3 Å². The van der Waals surface area contributed by atoms with Gasteiger partial charge in [0.05, 0.1) is 5.57 Å². The average molecular weight is 281 g/mol. The van der Waals surface area contributed by atoms with Crippen LogP contribution in [0.3, 0.4) is 0 Å². The summed E-state index contributed by atoms with van der Waals surface area (Å²) in [6.45, 7) is 1.63. The number of carbonyl (C=O) groups is 2. The zero-order chi connectivity index (χ0) is 15.0. The van der Waals surface area contributed by atoms with Gasteiger partial charge in [0.1, 0.15) is 0 Å². The van der Waals surface area contributed by atoms with Gasteiger partial charge in [0.25, 0.3) is 0 Å². The van der Waals surface area contributed by atoms with Crippen molar-refractivity contribution >= 4 is 22.6 Å². The molecule has 0 aromatic heterocycles. The van der Waals surface area contributed by atoms with E-state index in [1.807, 2.05) is 42.5 Å². The zero-order valence-electron chi connectivity index (χ0n) is 11.6. The molecule has 4 heteroatoms. The van der Waals surface area contributed by atoms with Crippen LogP contribution in [0.25, 0.3) is 10.8 Å². The van der Waals surface area contributed by atoms with Crippen LogP contribution in [-0.4, -0.2) is 17.0 Å². The minimum absolute atomic E-state index is 0.143. The van der Waals surface area contributed by atoms with Gasteiger partial charge in [-0.15, -0.1) is 0 Å². The summed E-state index contributed by atoms with van der Waals surface area (Å²) < 4.78 is 0. The molecule has 1 heterocycles. The maximum absolute atomic E-state index is 11.8. The summed E-state index contributed by atoms with van der Waals surface area (Å²) in [5, 5.41) is 14.2. The number of aliphatic carboxylic acids is 1. The van der Waals surface area contributed by atoms with Gasteiger partial charge in [-0.2, -0.15) is 0 Å². The Bertz CT molecular complexity index is 776.